The number of nitrogens with one attached hydrogen (secondary N) is 2. The van der Waals surface area contributed by atoms with Crippen molar-refractivity contribution < 1.29 is 9.59 Å². The predicted molar refractivity (Wildman–Crippen MR) is 115 cm³/mol. The molecule has 2 aliphatic heterocycles. The highest BCUT2D eigenvalue weighted by Crippen LogP contribution is 2.24. The Kier molecular flexibility index (Phi) is 4.52. The molecule has 0 bridgehead atoms. The Hall–Kier alpha value is -3.93. The van der Waals surface area contributed by atoms with Crippen molar-refractivity contribution in [3.63, 3.8) is 0 Å². The molecule has 0 unspecified atom stereocenters. The first kappa shape index (κ1) is 18.1. The first-order valence-corrected chi connectivity index (χ1v) is 9.85. The van der Waals surface area contributed by atoms with Crippen molar-refractivity contribution in [2.75, 3.05) is 5.32 Å². The molecule has 0 fully saturated rings. The molecule has 2 N–H and O–H groups in total. The Balaban J connectivity index is 1.33. The number of carbonyl (C=O) groups is 2. The van der Waals surface area contributed by atoms with Crippen molar-refractivity contribution in [1.29, 1.82) is 0 Å². The number of rotatable bonds is 2. The van der Waals surface area contributed by atoms with Gasteiger partial charge in [-0.3, -0.25) is 4.79 Å². The van der Waals surface area contributed by atoms with E-state index in [1.165, 1.54) is 11.1 Å². The van der Waals surface area contributed by atoms with Gasteiger partial charge in [0.1, 0.15) is 0 Å². The number of fused-ring (bicyclic) bond motifs is 2. The third-order valence-corrected chi connectivity index (χ3v) is 5.45. The van der Waals surface area contributed by atoms with Gasteiger partial charge in [-0.15, -0.1) is 0 Å². The number of urea groups is 1. The number of benzene rings is 3. The highest BCUT2D eigenvalue weighted by molar-refractivity contribution is 6.15. The minimum atomic E-state index is -0.132. The van der Waals surface area contributed by atoms with Crippen LogP contribution in [-0.2, 0) is 24.3 Å². The Morgan fingerprint density at radius 3 is 2.20 bits per heavy atom. The summed E-state index contributed by atoms with van der Waals surface area (Å²) in [6.07, 6.45) is 0.301. The smallest absolute Gasteiger partial charge is 0.316 e. The largest absolute Gasteiger partial charge is 0.322 e. The molecule has 0 saturated heterocycles. The fraction of sp³-hybridized carbons (Fsp3) is 0.125. The van der Waals surface area contributed by atoms with Gasteiger partial charge in [0, 0.05) is 29.9 Å². The van der Waals surface area contributed by atoms with Crippen LogP contribution in [0.3, 0.4) is 0 Å². The normalized spacial score (nSPS) is 14.9. The van der Waals surface area contributed by atoms with Gasteiger partial charge in [-0.05, 0) is 28.8 Å². The lowest BCUT2D eigenvalue weighted by Crippen LogP contribution is -2.30. The molecule has 3 amide bonds. The fourth-order valence-corrected chi connectivity index (χ4v) is 3.91. The Labute approximate surface area is 174 Å². The van der Waals surface area contributed by atoms with E-state index in [9.17, 15) is 9.59 Å². The van der Waals surface area contributed by atoms with Crippen molar-refractivity contribution in [1.82, 2.24) is 10.3 Å². The van der Waals surface area contributed by atoms with Gasteiger partial charge >= 0.3 is 6.03 Å². The second kappa shape index (κ2) is 7.48. The standard InChI is InChI=1S/C24H20N4O2/c29-22-13-17-5-3-4-8-21(17)23(27-26-22)16-9-11-20(12-10-16)25-24(30)28-14-18-6-1-2-7-19(18)15-28/h1-12H,13-15H2,(H,25,30)(H,26,29). The second-order valence-electron chi connectivity index (χ2n) is 7.46. The van der Waals surface area contributed by atoms with E-state index in [1.54, 1.807) is 4.90 Å². The Morgan fingerprint density at radius 1 is 0.867 bits per heavy atom. The van der Waals surface area contributed by atoms with E-state index in [4.69, 9.17) is 0 Å². The highest BCUT2D eigenvalue weighted by Gasteiger charge is 2.23. The summed E-state index contributed by atoms with van der Waals surface area (Å²) >= 11 is 0. The molecule has 0 saturated carbocycles. The summed E-state index contributed by atoms with van der Waals surface area (Å²) in [5, 5.41) is 7.28. The van der Waals surface area contributed by atoms with E-state index in [-0.39, 0.29) is 11.9 Å². The minimum absolute atomic E-state index is 0.122. The van der Waals surface area contributed by atoms with Gasteiger partial charge in [0.25, 0.3) is 0 Å². The number of hydrazone groups is 1. The summed E-state index contributed by atoms with van der Waals surface area (Å²) in [6, 6.07) is 23.3. The molecular formula is C24H20N4O2. The number of anilines is 1. The summed E-state index contributed by atoms with van der Waals surface area (Å²) in [5.41, 5.74) is 9.16. The van der Waals surface area contributed by atoms with Gasteiger partial charge in [-0.1, -0.05) is 60.7 Å². The maximum atomic E-state index is 12.7. The average Bonchev–Trinajstić information content (AvgIpc) is 3.13. The Bertz CT molecular complexity index is 1140. The molecule has 148 valence electrons. The molecule has 2 heterocycles. The van der Waals surface area contributed by atoms with Crippen LogP contribution < -0.4 is 10.7 Å². The van der Waals surface area contributed by atoms with E-state index in [0.717, 1.165) is 16.7 Å². The van der Waals surface area contributed by atoms with E-state index in [2.05, 4.69) is 28.0 Å². The number of carbonyl (C=O) groups excluding carboxylic acids is 2. The first-order valence-electron chi connectivity index (χ1n) is 9.85. The Morgan fingerprint density at radius 2 is 1.50 bits per heavy atom. The van der Waals surface area contributed by atoms with Crippen LogP contribution in [0.2, 0.25) is 0 Å². The summed E-state index contributed by atoms with van der Waals surface area (Å²) in [6.45, 7) is 1.24. The van der Waals surface area contributed by atoms with Crippen LogP contribution >= 0.6 is 0 Å². The molecule has 3 aromatic rings. The van der Waals surface area contributed by atoms with Crippen LogP contribution in [0, 0.1) is 0 Å². The molecule has 3 aromatic carbocycles. The molecule has 6 heteroatoms. The number of hydrogen-bond acceptors (Lipinski definition) is 3. The molecule has 0 spiro atoms. The SMILES string of the molecule is O=C1Cc2ccccc2C(c2ccc(NC(=O)N3Cc4ccccc4C3)cc2)=NN1. The second-order valence-corrected chi connectivity index (χ2v) is 7.46. The van der Waals surface area contributed by atoms with Gasteiger partial charge in [0.2, 0.25) is 5.91 Å². The maximum absolute atomic E-state index is 12.7. The molecule has 0 aromatic heterocycles. The third kappa shape index (κ3) is 3.43. The molecule has 0 atom stereocenters. The summed E-state index contributed by atoms with van der Waals surface area (Å²) in [5.74, 6) is -0.132. The maximum Gasteiger partial charge on any atom is 0.322 e. The molecule has 6 nitrogen and oxygen atoms in total. The zero-order valence-corrected chi connectivity index (χ0v) is 16.3. The van der Waals surface area contributed by atoms with Crippen LogP contribution in [0.15, 0.2) is 77.9 Å². The van der Waals surface area contributed by atoms with Crippen molar-refractivity contribution in [2.24, 2.45) is 5.10 Å². The zero-order valence-electron chi connectivity index (χ0n) is 16.3. The van der Waals surface area contributed by atoms with Crippen molar-refractivity contribution in [3.8, 4) is 0 Å². The molecular weight excluding hydrogens is 376 g/mol. The number of nitrogens with zero attached hydrogens (tertiary/aromatic N) is 2. The van der Waals surface area contributed by atoms with Crippen molar-refractivity contribution in [2.45, 2.75) is 19.5 Å². The van der Waals surface area contributed by atoms with Crippen molar-refractivity contribution in [3.05, 3.63) is 101 Å². The quantitative estimate of drug-likeness (QED) is 0.694. The summed E-state index contributed by atoms with van der Waals surface area (Å²) in [7, 11) is 0. The molecule has 5 rings (SSSR count). The molecule has 30 heavy (non-hydrogen) atoms. The monoisotopic (exact) mass is 396 g/mol. The van der Waals surface area contributed by atoms with E-state index in [1.807, 2.05) is 60.7 Å². The van der Waals surface area contributed by atoms with Gasteiger partial charge in [-0.2, -0.15) is 5.10 Å². The fourth-order valence-electron chi connectivity index (χ4n) is 3.91. The minimum Gasteiger partial charge on any atom is -0.316 e. The van der Waals surface area contributed by atoms with Crippen LogP contribution in [0.4, 0.5) is 10.5 Å². The molecule has 0 radical (unpaired) electrons. The molecule has 2 aliphatic rings. The number of amides is 3. The first-order chi connectivity index (χ1) is 14.7. The van der Waals surface area contributed by atoms with E-state index >= 15 is 0 Å². The van der Waals surface area contributed by atoms with Gasteiger partial charge < -0.3 is 10.2 Å². The highest BCUT2D eigenvalue weighted by atomic mass is 16.2. The van der Waals surface area contributed by atoms with Gasteiger partial charge in [0.15, 0.2) is 0 Å². The van der Waals surface area contributed by atoms with Crippen LogP contribution in [-0.4, -0.2) is 22.5 Å². The topological polar surface area (TPSA) is 73.8 Å². The van der Waals surface area contributed by atoms with Gasteiger partial charge in [0.05, 0.1) is 12.1 Å². The van der Waals surface area contributed by atoms with E-state index < -0.39 is 0 Å². The van der Waals surface area contributed by atoms with E-state index in [0.29, 0.717) is 30.9 Å². The molecule has 0 aliphatic carbocycles. The predicted octanol–water partition coefficient (Wildman–Crippen LogP) is 3.66. The van der Waals surface area contributed by atoms with Crippen LogP contribution in [0.5, 0.6) is 0 Å². The lowest BCUT2D eigenvalue weighted by Gasteiger charge is -2.16. The third-order valence-electron chi connectivity index (χ3n) is 5.45. The summed E-state index contributed by atoms with van der Waals surface area (Å²) < 4.78 is 0. The van der Waals surface area contributed by atoms with Crippen molar-refractivity contribution >= 4 is 23.3 Å². The summed E-state index contributed by atoms with van der Waals surface area (Å²) in [4.78, 5) is 26.4. The lowest BCUT2D eigenvalue weighted by atomic mass is 9.96. The van der Waals surface area contributed by atoms with Crippen LogP contribution in [0.1, 0.15) is 27.8 Å². The number of hydrogen-bond donors (Lipinski definition) is 2. The van der Waals surface area contributed by atoms with Crippen LogP contribution in [0.25, 0.3) is 0 Å². The average molecular weight is 396 g/mol. The zero-order chi connectivity index (χ0) is 20.5. The lowest BCUT2D eigenvalue weighted by molar-refractivity contribution is -0.120. The van der Waals surface area contributed by atoms with Gasteiger partial charge in [-0.25, -0.2) is 10.2 Å².